The highest BCUT2D eigenvalue weighted by Crippen LogP contribution is 2.35. The lowest BCUT2D eigenvalue weighted by Gasteiger charge is -2.26. The number of benzene rings is 2. The molecule has 37 heavy (non-hydrogen) atoms. The summed E-state index contributed by atoms with van der Waals surface area (Å²) in [6.07, 6.45) is 0. The van der Waals surface area contributed by atoms with Crippen molar-refractivity contribution >= 4 is 53.0 Å². The number of hydrogen-bond acceptors (Lipinski definition) is 10. The molecule has 0 bridgehead atoms. The van der Waals surface area contributed by atoms with Crippen LogP contribution in [0.4, 0.5) is 22.7 Å². The van der Waals surface area contributed by atoms with Crippen LogP contribution in [0.1, 0.15) is 22.9 Å². The van der Waals surface area contributed by atoms with E-state index >= 15 is 0 Å². The minimum Gasteiger partial charge on any atom is -0.755 e. The predicted molar refractivity (Wildman–Crippen MR) is 134 cm³/mol. The maximum Gasteiger partial charge on any atom is 0.658 e. The Morgan fingerprint density at radius 2 is 1.16 bits per heavy atom. The van der Waals surface area contributed by atoms with E-state index in [2.05, 4.69) is 10.3 Å². The Labute approximate surface area is 218 Å². The van der Waals surface area contributed by atoms with Gasteiger partial charge in [0.1, 0.15) is 34.3 Å². The third-order valence-corrected chi connectivity index (χ3v) is 6.55. The van der Waals surface area contributed by atoms with Crippen molar-refractivity contribution in [3.63, 3.8) is 0 Å². The van der Waals surface area contributed by atoms with Crippen LogP contribution in [0, 0.1) is 27.7 Å². The Kier molecular flexibility index (Phi) is 7.97. The largest absolute Gasteiger partial charge is 0.755 e. The summed E-state index contributed by atoms with van der Waals surface area (Å²) in [5.74, 6) is 1.25. The summed E-state index contributed by atoms with van der Waals surface area (Å²) >= 11 is -5.31. The van der Waals surface area contributed by atoms with Crippen LogP contribution in [0.5, 0.6) is 11.5 Å². The second kappa shape index (κ2) is 11.2. The molecule has 4 rings (SSSR count). The summed E-state index contributed by atoms with van der Waals surface area (Å²) < 4.78 is 71.4. The van der Waals surface area contributed by atoms with E-state index in [1.54, 1.807) is 64.1 Å². The molecule has 0 amide bonds. The van der Waals surface area contributed by atoms with Gasteiger partial charge in [0.15, 0.2) is 11.5 Å². The van der Waals surface area contributed by atoms with E-state index in [9.17, 15) is 17.5 Å². The van der Waals surface area contributed by atoms with E-state index in [0.717, 1.165) is 16.3 Å². The van der Waals surface area contributed by atoms with Crippen molar-refractivity contribution < 1.29 is 35.9 Å². The van der Waals surface area contributed by atoms with Gasteiger partial charge in [-0.05, 0) is 52.0 Å². The van der Waals surface area contributed by atoms with Crippen LogP contribution in [0.3, 0.4) is 0 Å². The fourth-order valence-electron chi connectivity index (χ4n) is 3.62. The molecule has 0 N–H and O–H groups in total. The lowest BCUT2D eigenvalue weighted by molar-refractivity contribution is 0.393. The first-order valence-corrected chi connectivity index (χ1v) is 12.7. The third kappa shape index (κ3) is 5.69. The van der Waals surface area contributed by atoms with Crippen molar-refractivity contribution in [1.29, 1.82) is 0 Å². The van der Waals surface area contributed by atoms with Gasteiger partial charge < -0.3 is 27.5 Å². The maximum absolute atomic E-state index is 12.0. The molecule has 12 nitrogen and oxygen atoms in total. The van der Waals surface area contributed by atoms with Crippen LogP contribution in [-0.4, -0.2) is 35.5 Å². The van der Waals surface area contributed by atoms with E-state index in [0.29, 0.717) is 45.7 Å². The van der Waals surface area contributed by atoms with Crippen LogP contribution in [0.2, 0.25) is 0 Å². The highest BCUT2D eigenvalue weighted by molar-refractivity contribution is 7.81. The molecule has 2 aromatic heterocycles. The van der Waals surface area contributed by atoms with E-state index in [1.165, 1.54) is 12.1 Å². The van der Waals surface area contributed by atoms with Crippen molar-refractivity contribution in [2.24, 2.45) is 0 Å². The average molecular weight is 543 g/mol. The molecule has 0 aliphatic rings. The SMILES string of the molecule is Cc1noc(C)c1N(c1cccc(O[B]Oc2cccc(N(c3c(C)noc3C)S(=O)[O-])c2)c1)S(=O)[O-]. The summed E-state index contributed by atoms with van der Waals surface area (Å²) in [7, 11) is 1.04. The smallest absolute Gasteiger partial charge is 0.658 e. The van der Waals surface area contributed by atoms with Crippen molar-refractivity contribution in [3.05, 3.63) is 71.4 Å². The standard InChI is InChI=1S/C22H22BN4O8S2/c1-13-21(15(3)34-24-13)26(36(28)29)17-7-5-9-19(11-17)32-23-33-20-10-6-8-18(12-20)27(37(30)31)22-14(2)25-35-16(22)4/h5-12H,1-4H3,(H,28,29)(H,30,31)/p-2. The number of aromatic nitrogens is 2. The zero-order valence-electron chi connectivity index (χ0n) is 20.1. The Morgan fingerprint density at radius 3 is 1.49 bits per heavy atom. The number of nitrogens with zero attached hydrogens (tertiary/aromatic N) is 4. The first-order chi connectivity index (χ1) is 17.7. The lowest BCUT2D eigenvalue weighted by Crippen LogP contribution is -2.21. The molecular weight excluding hydrogens is 523 g/mol. The van der Waals surface area contributed by atoms with Crippen molar-refractivity contribution in [2.45, 2.75) is 27.7 Å². The Bertz CT molecular complexity index is 1310. The molecule has 0 fully saturated rings. The number of hydrogen-bond donors (Lipinski definition) is 0. The van der Waals surface area contributed by atoms with Crippen LogP contribution < -0.4 is 17.9 Å². The predicted octanol–water partition coefficient (Wildman–Crippen LogP) is 3.75. The first kappa shape index (κ1) is 26.4. The van der Waals surface area contributed by atoms with Gasteiger partial charge in [-0.1, -0.05) is 22.4 Å². The zero-order chi connectivity index (χ0) is 26.7. The average Bonchev–Trinajstić information content (AvgIpc) is 3.35. The molecule has 2 heterocycles. The lowest BCUT2D eigenvalue weighted by atomic mass is 10.2. The first-order valence-electron chi connectivity index (χ1n) is 10.7. The van der Waals surface area contributed by atoms with Gasteiger partial charge in [0.05, 0.1) is 33.9 Å². The van der Waals surface area contributed by atoms with E-state index in [1.807, 2.05) is 0 Å². The number of anilines is 4. The van der Waals surface area contributed by atoms with E-state index in [4.69, 9.17) is 18.4 Å². The number of aryl methyl sites for hydroxylation is 4. The molecule has 0 saturated heterocycles. The van der Waals surface area contributed by atoms with E-state index < -0.39 is 22.5 Å². The van der Waals surface area contributed by atoms with Gasteiger partial charge in [-0.2, -0.15) is 0 Å². The summed E-state index contributed by atoms with van der Waals surface area (Å²) in [6.45, 7) is 6.50. The highest BCUT2D eigenvalue weighted by Gasteiger charge is 2.22. The molecule has 2 atom stereocenters. The molecule has 193 valence electrons. The Hall–Kier alpha value is -3.66. The molecule has 1 radical (unpaired) electrons. The third-order valence-electron chi connectivity index (χ3n) is 5.17. The van der Waals surface area contributed by atoms with Crippen LogP contribution in [0.15, 0.2) is 57.6 Å². The van der Waals surface area contributed by atoms with Crippen molar-refractivity contribution in [1.82, 2.24) is 10.3 Å². The second-order valence-electron chi connectivity index (χ2n) is 7.70. The molecular formula is C22H20BN4O8S2-2. The Balaban J connectivity index is 1.49. The molecule has 0 aliphatic heterocycles. The van der Waals surface area contributed by atoms with Gasteiger partial charge in [0.2, 0.25) is 0 Å². The van der Waals surface area contributed by atoms with Gasteiger partial charge in [-0.3, -0.25) is 17.0 Å². The minimum absolute atomic E-state index is 0.286. The summed E-state index contributed by atoms with van der Waals surface area (Å²) in [6, 6.07) is 12.6. The minimum atomic E-state index is -2.66. The molecule has 0 spiro atoms. The topological polar surface area (TPSA) is 157 Å². The van der Waals surface area contributed by atoms with E-state index in [-0.39, 0.29) is 11.5 Å². The number of rotatable bonds is 10. The molecule has 2 unspecified atom stereocenters. The van der Waals surface area contributed by atoms with Crippen LogP contribution in [0.25, 0.3) is 0 Å². The highest BCUT2D eigenvalue weighted by atomic mass is 32.2. The van der Waals surface area contributed by atoms with Gasteiger partial charge >= 0.3 is 7.69 Å². The summed E-state index contributed by atoms with van der Waals surface area (Å²) in [5, 5.41) is 7.62. The van der Waals surface area contributed by atoms with Gasteiger partial charge in [-0.15, -0.1) is 0 Å². The Morgan fingerprint density at radius 1 is 0.757 bits per heavy atom. The second-order valence-corrected chi connectivity index (χ2v) is 9.29. The van der Waals surface area contributed by atoms with Gasteiger partial charge in [-0.25, -0.2) is 0 Å². The fraction of sp³-hybridized carbons (Fsp3) is 0.182. The summed E-state index contributed by atoms with van der Waals surface area (Å²) in [5.41, 5.74) is 2.02. The molecule has 15 heteroatoms. The summed E-state index contributed by atoms with van der Waals surface area (Å²) in [4.78, 5) is 0. The molecule has 4 aromatic rings. The van der Waals surface area contributed by atoms with Crippen LogP contribution >= 0.6 is 0 Å². The zero-order valence-corrected chi connectivity index (χ0v) is 21.7. The van der Waals surface area contributed by atoms with Crippen molar-refractivity contribution in [2.75, 3.05) is 8.61 Å². The monoisotopic (exact) mass is 543 g/mol. The molecule has 2 aromatic carbocycles. The fourth-order valence-corrected chi connectivity index (χ4v) is 5.01. The van der Waals surface area contributed by atoms with Gasteiger partial charge in [0.25, 0.3) is 0 Å². The van der Waals surface area contributed by atoms with Crippen LogP contribution in [-0.2, 0) is 22.5 Å². The molecule has 0 aliphatic carbocycles. The van der Waals surface area contributed by atoms with Gasteiger partial charge in [0, 0.05) is 12.1 Å². The normalized spacial score (nSPS) is 12.6. The van der Waals surface area contributed by atoms with Crippen molar-refractivity contribution in [3.8, 4) is 11.5 Å². The molecule has 0 saturated carbocycles. The maximum atomic E-state index is 12.0. The quantitative estimate of drug-likeness (QED) is 0.213.